The van der Waals surface area contributed by atoms with Crippen LogP contribution in [0.25, 0.3) is 6.08 Å². The van der Waals surface area contributed by atoms with Crippen LogP contribution in [-0.4, -0.2) is 42.1 Å². The molecule has 2 aromatic carbocycles. The Morgan fingerprint density at radius 3 is 2.52 bits per heavy atom. The van der Waals surface area contributed by atoms with E-state index in [1.165, 1.54) is 12.1 Å². The first-order valence-electron chi connectivity index (χ1n) is 9.09. The molecule has 2 aromatic rings. The molecule has 0 spiro atoms. The van der Waals surface area contributed by atoms with E-state index < -0.39 is 30.4 Å². The van der Waals surface area contributed by atoms with Crippen molar-refractivity contribution in [1.29, 1.82) is 0 Å². The highest BCUT2D eigenvalue weighted by molar-refractivity contribution is 14.1. The number of hydrogen-bond donors (Lipinski definition) is 2. The molecule has 0 aliphatic carbocycles. The minimum Gasteiger partial charge on any atom is -0.490 e. The highest BCUT2D eigenvalue weighted by Gasteiger charge is 2.36. The molecule has 4 amide bonds. The van der Waals surface area contributed by atoms with Crippen molar-refractivity contribution in [3.63, 3.8) is 0 Å². The highest BCUT2D eigenvalue weighted by atomic mass is 127. The number of ether oxygens (including phenoxy) is 2. The Hall–Kier alpha value is -3.41. The molecule has 1 heterocycles. The number of nitrogens with one attached hydrogen (secondary N) is 1. The van der Waals surface area contributed by atoms with Gasteiger partial charge < -0.3 is 14.6 Å². The van der Waals surface area contributed by atoms with Gasteiger partial charge in [-0.1, -0.05) is 18.2 Å². The highest BCUT2D eigenvalue weighted by Crippen LogP contribution is 2.35. The molecular formula is C21H17IN2O7. The van der Waals surface area contributed by atoms with Gasteiger partial charge in [0.2, 0.25) is 0 Å². The minimum absolute atomic E-state index is 0.235. The number of carbonyl (C=O) groups excluding carboxylic acids is 3. The lowest BCUT2D eigenvalue weighted by atomic mass is 10.1. The standard InChI is InChI=1S/C21H17IN2O7/c1-2-30-16-10-12(9-15(22)18(16)31-11-17(25)26)8-14-19(27)23-21(29)24(20(14)28)13-6-4-3-5-7-13/h3-10H,2,11H2,1H3,(H,25,26)(H,23,27,29)/b14-8+. The molecule has 9 nitrogen and oxygen atoms in total. The summed E-state index contributed by atoms with van der Waals surface area (Å²) in [6.07, 6.45) is 1.34. The predicted molar refractivity (Wildman–Crippen MR) is 119 cm³/mol. The Balaban J connectivity index is 2.00. The van der Waals surface area contributed by atoms with Gasteiger partial charge in [-0.05, 0) is 65.4 Å². The van der Waals surface area contributed by atoms with E-state index in [9.17, 15) is 19.2 Å². The summed E-state index contributed by atoms with van der Waals surface area (Å²) in [5.41, 5.74) is 0.530. The monoisotopic (exact) mass is 536 g/mol. The fraction of sp³-hybridized carbons (Fsp3) is 0.143. The molecule has 1 aliphatic heterocycles. The summed E-state index contributed by atoms with van der Waals surface area (Å²) < 4.78 is 11.4. The molecule has 0 unspecified atom stereocenters. The number of para-hydroxylation sites is 1. The normalized spacial score (nSPS) is 15.1. The van der Waals surface area contributed by atoms with Crippen LogP contribution in [0.15, 0.2) is 48.0 Å². The zero-order valence-corrected chi connectivity index (χ0v) is 18.4. The first-order chi connectivity index (χ1) is 14.8. The summed E-state index contributed by atoms with van der Waals surface area (Å²) in [6, 6.07) is 10.5. The molecule has 1 saturated heterocycles. The molecule has 2 N–H and O–H groups in total. The van der Waals surface area contributed by atoms with E-state index in [2.05, 4.69) is 5.32 Å². The summed E-state index contributed by atoms with van der Waals surface area (Å²) >= 11 is 1.94. The third-order valence-corrected chi connectivity index (χ3v) is 4.90. The van der Waals surface area contributed by atoms with Crippen LogP contribution >= 0.6 is 22.6 Å². The van der Waals surface area contributed by atoms with E-state index in [-0.39, 0.29) is 23.7 Å². The maximum atomic E-state index is 12.9. The number of carboxylic acid groups (broad SMARTS) is 1. The molecular weight excluding hydrogens is 519 g/mol. The van der Waals surface area contributed by atoms with Crippen LogP contribution in [0.3, 0.4) is 0 Å². The fourth-order valence-corrected chi connectivity index (χ4v) is 3.62. The Labute approximate surface area is 190 Å². The third kappa shape index (κ3) is 5.02. The quantitative estimate of drug-likeness (QED) is 0.317. The second-order valence-corrected chi connectivity index (χ2v) is 7.40. The maximum absolute atomic E-state index is 12.9. The van der Waals surface area contributed by atoms with Gasteiger partial charge in [-0.3, -0.25) is 14.9 Å². The Morgan fingerprint density at radius 1 is 1.16 bits per heavy atom. The van der Waals surface area contributed by atoms with Gasteiger partial charge in [-0.2, -0.15) is 0 Å². The zero-order valence-electron chi connectivity index (χ0n) is 16.3. The molecule has 0 saturated carbocycles. The zero-order chi connectivity index (χ0) is 22.5. The number of hydrogen-bond acceptors (Lipinski definition) is 6. The lowest BCUT2D eigenvalue weighted by molar-refractivity contribution is -0.139. The number of anilines is 1. The summed E-state index contributed by atoms with van der Waals surface area (Å²) in [4.78, 5) is 49.3. The van der Waals surface area contributed by atoms with Crippen LogP contribution in [0.2, 0.25) is 0 Å². The van der Waals surface area contributed by atoms with Crippen LogP contribution in [0.1, 0.15) is 12.5 Å². The van der Waals surface area contributed by atoms with Crippen LogP contribution in [0.4, 0.5) is 10.5 Å². The van der Waals surface area contributed by atoms with Crippen LogP contribution in [0, 0.1) is 3.57 Å². The predicted octanol–water partition coefficient (Wildman–Crippen LogP) is 2.82. The van der Waals surface area contributed by atoms with Crippen molar-refractivity contribution in [3.05, 3.63) is 57.2 Å². The maximum Gasteiger partial charge on any atom is 0.341 e. The van der Waals surface area contributed by atoms with Crippen molar-refractivity contribution < 1.29 is 33.8 Å². The largest absolute Gasteiger partial charge is 0.490 e. The van der Waals surface area contributed by atoms with Crippen LogP contribution in [0.5, 0.6) is 11.5 Å². The lowest BCUT2D eigenvalue weighted by Gasteiger charge is -2.26. The number of amides is 4. The second kappa shape index (κ2) is 9.60. The molecule has 0 atom stereocenters. The van der Waals surface area contributed by atoms with Gasteiger partial charge >= 0.3 is 12.0 Å². The number of carboxylic acids is 1. The summed E-state index contributed by atoms with van der Waals surface area (Å²) in [6.45, 7) is 1.49. The number of rotatable bonds is 7. The van der Waals surface area contributed by atoms with Crippen molar-refractivity contribution in [2.24, 2.45) is 0 Å². The fourth-order valence-electron chi connectivity index (χ4n) is 2.84. The number of urea groups is 1. The summed E-state index contributed by atoms with van der Waals surface area (Å²) in [5, 5.41) is 11.0. The number of nitrogens with zero attached hydrogens (tertiary/aromatic N) is 1. The second-order valence-electron chi connectivity index (χ2n) is 6.24. The molecule has 0 aromatic heterocycles. The smallest absolute Gasteiger partial charge is 0.341 e. The molecule has 0 radical (unpaired) electrons. The number of benzene rings is 2. The summed E-state index contributed by atoms with van der Waals surface area (Å²) in [5.74, 6) is -2.21. The van der Waals surface area contributed by atoms with Crippen molar-refractivity contribution in [2.75, 3.05) is 18.1 Å². The molecule has 31 heavy (non-hydrogen) atoms. The topological polar surface area (TPSA) is 122 Å². The molecule has 10 heteroatoms. The van der Waals surface area contributed by atoms with Gasteiger partial charge in [0.15, 0.2) is 18.1 Å². The van der Waals surface area contributed by atoms with Gasteiger partial charge in [0.1, 0.15) is 5.57 Å². The van der Waals surface area contributed by atoms with Crippen molar-refractivity contribution >= 4 is 58.2 Å². The average molecular weight is 536 g/mol. The lowest BCUT2D eigenvalue weighted by Crippen LogP contribution is -2.54. The molecule has 160 valence electrons. The first kappa shape index (κ1) is 22.3. The van der Waals surface area contributed by atoms with Gasteiger partial charge in [0.05, 0.1) is 15.9 Å². The van der Waals surface area contributed by atoms with E-state index in [1.54, 1.807) is 43.3 Å². The minimum atomic E-state index is -1.14. The van der Waals surface area contributed by atoms with Crippen LogP contribution in [-0.2, 0) is 14.4 Å². The molecule has 1 fully saturated rings. The molecule has 1 aliphatic rings. The number of barbiturate groups is 1. The molecule has 0 bridgehead atoms. The Kier molecular flexibility index (Phi) is 6.90. The van der Waals surface area contributed by atoms with Crippen molar-refractivity contribution in [2.45, 2.75) is 6.92 Å². The number of carbonyl (C=O) groups is 4. The van der Waals surface area contributed by atoms with E-state index in [4.69, 9.17) is 14.6 Å². The van der Waals surface area contributed by atoms with E-state index in [0.29, 0.717) is 14.8 Å². The van der Waals surface area contributed by atoms with Crippen molar-refractivity contribution in [3.8, 4) is 11.5 Å². The van der Waals surface area contributed by atoms with E-state index >= 15 is 0 Å². The van der Waals surface area contributed by atoms with Crippen molar-refractivity contribution in [1.82, 2.24) is 5.32 Å². The molecule has 3 rings (SSSR count). The third-order valence-electron chi connectivity index (χ3n) is 4.10. The number of aliphatic carboxylic acids is 1. The Morgan fingerprint density at radius 2 is 1.87 bits per heavy atom. The van der Waals surface area contributed by atoms with Gasteiger partial charge in [0.25, 0.3) is 11.8 Å². The van der Waals surface area contributed by atoms with Gasteiger partial charge in [0, 0.05) is 0 Å². The summed E-state index contributed by atoms with van der Waals surface area (Å²) in [7, 11) is 0. The Bertz CT molecular complexity index is 1080. The van der Waals surface area contributed by atoms with E-state index in [1.807, 2.05) is 22.6 Å². The van der Waals surface area contributed by atoms with Gasteiger partial charge in [-0.15, -0.1) is 0 Å². The first-order valence-corrected chi connectivity index (χ1v) is 10.2. The van der Waals surface area contributed by atoms with E-state index in [0.717, 1.165) is 4.90 Å². The number of halogens is 1. The van der Waals surface area contributed by atoms with Crippen LogP contribution < -0.4 is 19.7 Å². The average Bonchev–Trinajstić information content (AvgIpc) is 2.71. The number of imide groups is 2. The SMILES string of the molecule is CCOc1cc(/C=C2\C(=O)NC(=O)N(c3ccccc3)C2=O)cc(I)c1OCC(=O)O. The van der Waals surface area contributed by atoms with Gasteiger partial charge in [-0.25, -0.2) is 14.5 Å².